The second kappa shape index (κ2) is 8.19. The minimum Gasteiger partial charge on any atom is -0.0654 e. The summed E-state index contributed by atoms with van der Waals surface area (Å²) < 4.78 is 0. The van der Waals surface area contributed by atoms with Gasteiger partial charge in [0.25, 0.3) is 0 Å². The third-order valence-corrected chi connectivity index (χ3v) is 4.35. The number of hydrogen-bond donors (Lipinski definition) is 0. The second-order valence-corrected chi connectivity index (χ2v) is 5.53. The molecular weight excluding hydrogens is 180 g/mol. The molecule has 0 fully saturated rings. The van der Waals surface area contributed by atoms with Crippen molar-refractivity contribution < 1.29 is 0 Å². The molecule has 0 radical (unpaired) electrons. The van der Waals surface area contributed by atoms with Crippen molar-refractivity contribution in [2.75, 3.05) is 0 Å². The van der Waals surface area contributed by atoms with Gasteiger partial charge in [0.15, 0.2) is 0 Å². The molecule has 0 saturated heterocycles. The van der Waals surface area contributed by atoms with Crippen LogP contribution < -0.4 is 0 Å². The minimum atomic E-state index is 0.895. The first-order chi connectivity index (χ1) is 7.06. The molecule has 0 aromatic rings. The quantitative estimate of drug-likeness (QED) is 0.497. The van der Waals surface area contributed by atoms with Crippen LogP contribution in [0.2, 0.25) is 0 Å². The molecule has 15 heavy (non-hydrogen) atoms. The van der Waals surface area contributed by atoms with E-state index in [2.05, 4.69) is 41.5 Å². The lowest BCUT2D eigenvalue weighted by atomic mass is 9.78. The molecule has 0 amide bonds. The fourth-order valence-corrected chi connectivity index (χ4v) is 2.68. The van der Waals surface area contributed by atoms with Gasteiger partial charge < -0.3 is 0 Å². The number of hydrogen-bond acceptors (Lipinski definition) is 0. The molecule has 0 spiro atoms. The van der Waals surface area contributed by atoms with Crippen LogP contribution in [0.5, 0.6) is 0 Å². The number of rotatable bonds is 8. The third-order valence-electron chi connectivity index (χ3n) is 4.35. The first-order valence-electron chi connectivity index (χ1n) is 7.06. The molecular formula is C15H32. The summed E-state index contributed by atoms with van der Waals surface area (Å²) in [6.45, 7) is 14.3. The van der Waals surface area contributed by atoms with E-state index in [4.69, 9.17) is 0 Å². The van der Waals surface area contributed by atoms with Gasteiger partial charge in [-0.3, -0.25) is 0 Å². The van der Waals surface area contributed by atoms with Gasteiger partial charge >= 0.3 is 0 Å². The maximum atomic E-state index is 2.46. The molecule has 0 rings (SSSR count). The average molecular weight is 212 g/mol. The zero-order valence-electron chi connectivity index (χ0n) is 11.8. The second-order valence-electron chi connectivity index (χ2n) is 5.53. The van der Waals surface area contributed by atoms with E-state index in [-0.39, 0.29) is 0 Å². The smallest absolute Gasteiger partial charge is 0.0391 e. The van der Waals surface area contributed by atoms with Gasteiger partial charge in [-0.25, -0.2) is 0 Å². The topological polar surface area (TPSA) is 0 Å². The van der Waals surface area contributed by atoms with Crippen molar-refractivity contribution in [3.05, 3.63) is 0 Å². The lowest BCUT2D eigenvalue weighted by molar-refractivity contribution is 0.233. The fourth-order valence-electron chi connectivity index (χ4n) is 2.68. The zero-order chi connectivity index (χ0) is 11.8. The van der Waals surface area contributed by atoms with Crippen LogP contribution in [0.4, 0.5) is 0 Å². The van der Waals surface area contributed by atoms with Crippen LogP contribution in [0, 0.1) is 23.7 Å². The van der Waals surface area contributed by atoms with E-state index in [0.717, 1.165) is 23.7 Å². The fraction of sp³-hybridized carbons (Fsp3) is 1.00. The monoisotopic (exact) mass is 212 g/mol. The molecule has 4 atom stereocenters. The molecule has 0 heteroatoms. The Balaban J connectivity index is 4.02. The molecule has 0 aliphatic rings. The molecule has 0 aromatic carbocycles. The summed E-state index contributed by atoms with van der Waals surface area (Å²) in [6, 6.07) is 0. The van der Waals surface area contributed by atoms with Gasteiger partial charge in [-0.2, -0.15) is 0 Å². The van der Waals surface area contributed by atoms with E-state index in [1.54, 1.807) is 0 Å². The summed E-state index contributed by atoms with van der Waals surface area (Å²) in [6.07, 6.45) is 6.89. The molecule has 0 heterocycles. The Morgan fingerprint density at radius 1 is 0.733 bits per heavy atom. The summed E-state index contributed by atoms with van der Waals surface area (Å²) in [4.78, 5) is 0. The minimum absolute atomic E-state index is 0.895. The SMILES string of the molecule is CCCC(CC)C(C)CC(C)C(C)CC. The van der Waals surface area contributed by atoms with Crippen LogP contribution in [-0.4, -0.2) is 0 Å². The van der Waals surface area contributed by atoms with Crippen LogP contribution in [0.15, 0.2) is 0 Å². The largest absolute Gasteiger partial charge is 0.0654 e. The molecule has 0 aliphatic carbocycles. The van der Waals surface area contributed by atoms with E-state index in [0.29, 0.717) is 0 Å². The highest BCUT2D eigenvalue weighted by molar-refractivity contribution is 4.70. The van der Waals surface area contributed by atoms with Crippen molar-refractivity contribution in [1.82, 2.24) is 0 Å². The molecule has 0 N–H and O–H groups in total. The van der Waals surface area contributed by atoms with E-state index >= 15 is 0 Å². The van der Waals surface area contributed by atoms with Crippen molar-refractivity contribution in [1.29, 1.82) is 0 Å². The lowest BCUT2D eigenvalue weighted by Crippen LogP contribution is -2.17. The van der Waals surface area contributed by atoms with Gasteiger partial charge in [0.1, 0.15) is 0 Å². The van der Waals surface area contributed by atoms with Crippen molar-refractivity contribution in [2.24, 2.45) is 23.7 Å². The first-order valence-corrected chi connectivity index (χ1v) is 7.06. The average Bonchev–Trinajstić information content (AvgIpc) is 2.24. The van der Waals surface area contributed by atoms with Gasteiger partial charge in [0.05, 0.1) is 0 Å². The van der Waals surface area contributed by atoms with Crippen LogP contribution >= 0.6 is 0 Å². The summed E-state index contributed by atoms with van der Waals surface area (Å²) in [7, 11) is 0. The Labute approximate surface area is 97.8 Å². The zero-order valence-corrected chi connectivity index (χ0v) is 11.8. The highest BCUT2D eigenvalue weighted by Gasteiger charge is 2.19. The molecule has 0 aliphatic heterocycles. The Hall–Kier alpha value is 0. The normalized spacial score (nSPS) is 19.6. The van der Waals surface area contributed by atoms with Crippen LogP contribution in [0.3, 0.4) is 0 Å². The highest BCUT2D eigenvalue weighted by Crippen LogP contribution is 2.30. The molecule has 0 saturated carbocycles. The standard InChI is InChI=1S/C15H32/c1-7-10-15(9-3)14(6)11-13(5)12(4)8-2/h12-15H,7-11H2,1-6H3. The Morgan fingerprint density at radius 2 is 1.33 bits per heavy atom. The predicted octanol–water partition coefficient (Wildman–Crippen LogP) is 5.52. The van der Waals surface area contributed by atoms with Crippen LogP contribution in [0.25, 0.3) is 0 Å². The molecule has 4 unspecified atom stereocenters. The first kappa shape index (κ1) is 15.0. The summed E-state index contributed by atoms with van der Waals surface area (Å²) in [5.41, 5.74) is 0. The molecule has 0 aromatic heterocycles. The highest BCUT2D eigenvalue weighted by atomic mass is 14.2. The maximum absolute atomic E-state index is 2.46. The van der Waals surface area contributed by atoms with Gasteiger partial charge in [-0.15, -0.1) is 0 Å². The van der Waals surface area contributed by atoms with Crippen molar-refractivity contribution in [3.63, 3.8) is 0 Å². The summed E-state index contributed by atoms with van der Waals surface area (Å²) in [5, 5.41) is 0. The van der Waals surface area contributed by atoms with Crippen LogP contribution in [0.1, 0.15) is 73.6 Å². The van der Waals surface area contributed by atoms with Crippen LogP contribution in [-0.2, 0) is 0 Å². The summed E-state index contributed by atoms with van der Waals surface area (Å²) >= 11 is 0. The predicted molar refractivity (Wildman–Crippen MR) is 71.1 cm³/mol. The van der Waals surface area contributed by atoms with E-state index in [1.807, 2.05) is 0 Å². The van der Waals surface area contributed by atoms with Gasteiger partial charge in [-0.05, 0) is 30.1 Å². The Bertz CT molecular complexity index is 139. The Morgan fingerprint density at radius 3 is 1.73 bits per heavy atom. The van der Waals surface area contributed by atoms with Crippen molar-refractivity contribution in [3.8, 4) is 0 Å². The van der Waals surface area contributed by atoms with Gasteiger partial charge in [-0.1, -0.05) is 67.2 Å². The van der Waals surface area contributed by atoms with E-state index < -0.39 is 0 Å². The molecule has 0 nitrogen and oxygen atoms in total. The molecule has 92 valence electrons. The summed E-state index contributed by atoms with van der Waals surface area (Å²) in [5.74, 6) is 3.67. The maximum Gasteiger partial charge on any atom is -0.0391 e. The van der Waals surface area contributed by atoms with Crippen molar-refractivity contribution in [2.45, 2.75) is 73.6 Å². The lowest BCUT2D eigenvalue weighted by Gasteiger charge is -2.27. The van der Waals surface area contributed by atoms with Crippen molar-refractivity contribution >= 4 is 0 Å². The van der Waals surface area contributed by atoms with Gasteiger partial charge in [0.2, 0.25) is 0 Å². The van der Waals surface area contributed by atoms with E-state index in [1.165, 1.54) is 32.1 Å². The Kier molecular flexibility index (Phi) is 8.19. The van der Waals surface area contributed by atoms with Gasteiger partial charge in [0, 0.05) is 0 Å². The van der Waals surface area contributed by atoms with E-state index in [9.17, 15) is 0 Å². The third kappa shape index (κ3) is 5.58. The molecule has 0 bridgehead atoms.